The molecule has 1 aliphatic rings. The number of hydrogen-bond donors (Lipinski definition) is 2. The monoisotopic (exact) mass is 381 g/mol. The minimum absolute atomic E-state index is 0.0804. The van der Waals surface area contributed by atoms with E-state index in [4.69, 9.17) is 0 Å². The Morgan fingerprint density at radius 2 is 2.07 bits per heavy atom. The van der Waals surface area contributed by atoms with E-state index >= 15 is 0 Å². The number of rotatable bonds is 4. The minimum atomic E-state index is -0.361. The van der Waals surface area contributed by atoms with E-state index < -0.39 is 0 Å². The predicted molar refractivity (Wildman–Crippen MR) is 103 cm³/mol. The number of aromatic nitrogens is 3. The van der Waals surface area contributed by atoms with Gasteiger partial charge in [-0.15, -0.1) is 0 Å². The second kappa shape index (κ2) is 7.30. The molecule has 8 heteroatoms. The average Bonchev–Trinajstić information content (AvgIpc) is 3.28. The number of hydrogen-bond acceptors (Lipinski definition) is 4. The maximum Gasteiger partial charge on any atom is 0.330 e. The number of anilines is 1. The fourth-order valence-corrected chi connectivity index (χ4v) is 3.49. The quantitative estimate of drug-likeness (QED) is 0.724. The first kappa shape index (κ1) is 18.0. The minimum Gasteiger partial charge on any atom is -0.352 e. The van der Waals surface area contributed by atoms with Crippen LogP contribution < -0.4 is 15.9 Å². The molecular weight excluding hydrogens is 361 g/mol. The highest BCUT2D eigenvalue weighted by Crippen LogP contribution is 2.21. The highest BCUT2D eigenvalue weighted by molar-refractivity contribution is 5.94. The molecule has 3 aromatic rings. The molecule has 1 amide bonds. The van der Waals surface area contributed by atoms with E-state index in [2.05, 4.69) is 15.3 Å². The van der Waals surface area contributed by atoms with Gasteiger partial charge in [0.25, 0.3) is 5.91 Å². The summed E-state index contributed by atoms with van der Waals surface area (Å²) < 4.78 is 15.4. The molecule has 2 N–H and O–H groups in total. The van der Waals surface area contributed by atoms with Crippen molar-refractivity contribution < 1.29 is 9.18 Å². The standard InChI is InChI=1S/C20H20FN5O2/c1-13-11-23-20(28)26(13)16-6-4-14(5-7-16)19(27)24-15-8-10-25(12-15)18-17(21)3-2-9-22-18/h2-7,9,11,15H,8,10,12H2,1H3,(H,23,28)(H,24,27). The lowest BCUT2D eigenvalue weighted by atomic mass is 10.1. The predicted octanol–water partition coefficient (Wildman–Crippen LogP) is 2.02. The molecule has 7 nitrogen and oxygen atoms in total. The molecule has 1 fully saturated rings. The van der Waals surface area contributed by atoms with E-state index in [1.54, 1.807) is 42.7 Å². The summed E-state index contributed by atoms with van der Waals surface area (Å²) in [5.41, 5.74) is 1.77. The third-order valence-corrected chi connectivity index (χ3v) is 4.91. The summed E-state index contributed by atoms with van der Waals surface area (Å²) in [5.74, 6) is -0.241. The third-order valence-electron chi connectivity index (χ3n) is 4.91. The summed E-state index contributed by atoms with van der Waals surface area (Å²) in [6, 6.07) is 9.71. The molecule has 144 valence electrons. The second-order valence-corrected chi connectivity index (χ2v) is 6.83. The van der Waals surface area contributed by atoms with Crippen molar-refractivity contribution in [2.45, 2.75) is 19.4 Å². The number of benzene rings is 1. The number of aromatic amines is 1. The van der Waals surface area contributed by atoms with Crippen molar-refractivity contribution in [2.75, 3.05) is 18.0 Å². The van der Waals surface area contributed by atoms with Crippen molar-refractivity contribution in [3.8, 4) is 5.69 Å². The van der Waals surface area contributed by atoms with Crippen LogP contribution in [0.1, 0.15) is 22.5 Å². The zero-order chi connectivity index (χ0) is 19.7. The van der Waals surface area contributed by atoms with Gasteiger partial charge in [0.15, 0.2) is 11.6 Å². The fraction of sp³-hybridized carbons (Fsp3) is 0.250. The largest absolute Gasteiger partial charge is 0.352 e. The van der Waals surface area contributed by atoms with Crippen molar-refractivity contribution in [3.05, 3.63) is 76.4 Å². The molecule has 1 saturated heterocycles. The lowest BCUT2D eigenvalue weighted by molar-refractivity contribution is 0.0940. The lowest BCUT2D eigenvalue weighted by Crippen LogP contribution is -2.37. The van der Waals surface area contributed by atoms with Gasteiger partial charge in [-0.25, -0.2) is 14.2 Å². The molecule has 28 heavy (non-hydrogen) atoms. The molecule has 0 bridgehead atoms. The van der Waals surface area contributed by atoms with Crippen molar-refractivity contribution in [3.63, 3.8) is 0 Å². The molecule has 1 aliphatic heterocycles. The van der Waals surface area contributed by atoms with Crippen LogP contribution in [0.15, 0.2) is 53.6 Å². The first-order chi connectivity index (χ1) is 13.5. The molecule has 1 unspecified atom stereocenters. The Balaban J connectivity index is 1.42. The van der Waals surface area contributed by atoms with Crippen LogP contribution in [0.5, 0.6) is 0 Å². The van der Waals surface area contributed by atoms with Gasteiger partial charge in [-0.1, -0.05) is 0 Å². The number of amides is 1. The topological polar surface area (TPSA) is 83.0 Å². The molecular formula is C20H20FN5O2. The molecule has 2 aromatic heterocycles. The molecule has 0 aliphatic carbocycles. The van der Waals surface area contributed by atoms with Crippen LogP contribution in [0, 0.1) is 12.7 Å². The van der Waals surface area contributed by atoms with Crippen LogP contribution in [0.4, 0.5) is 10.2 Å². The molecule has 3 heterocycles. The maximum atomic E-state index is 13.9. The molecule has 4 rings (SSSR count). The average molecular weight is 381 g/mol. The third kappa shape index (κ3) is 3.40. The summed E-state index contributed by atoms with van der Waals surface area (Å²) in [5, 5.41) is 2.99. The van der Waals surface area contributed by atoms with Crippen LogP contribution in [-0.2, 0) is 0 Å². The zero-order valence-electron chi connectivity index (χ0n) is 15.4. The van der Waals surface area contributed by atoms with Crippen LogP contribution in [0.25, 0.3) is 5.69 Å². The number of carbonyl (C=O) groups is 1. The van der Waals surface area contributed by atoms with Crippen LogP contribution in [0.2, 0.25) is 0 Å². The lowest BCUT2D eigenvalue weighted by Gasteiger charge is -2.18. The summed E-state index contributed by atoms with van der Waals surface area (Å²) in [6.45, 7) is 2.97. The Bertz CT molecular complexity index is 1060. The van der Waals surface area contributed by atoms with Crippen molar-refractivity contribution in [1.29, 1.82) is 0 Å². The number of imidazole rings is 1. The van der Waals surface area contributed by atoms with Gasteiger partial charge in [-0.2, -0.15) is 0 Å². The van der Waals surface area contributed by atoms with Gasteiger partial charge >= 0.3 is 5.69 Å². The van der Waals surface area contributed by atoms with Gasteiger partial charge < -0.3 is 15.2 Å². The normalized spacial score (nSPS) is 16.4. The first-order valence-electron chi connectivity index (χ1n) is 9.07. The van der Waals surface area contributed by atoms with E-state index in [1.807, 2.05) is 11.8 Å². The number of nitrogens with one attached hydrogen (secondary N) is 2. The number of carbonyl (C=O) groups excluding carboxylic acids is 1. The van der Waals surface area contributed by atoms with Crippen molar-refractivity contribution >= 4 is 11.7 Å². The van der Waals surface area contributed by atoms with Gasteiger partial charge in [0.05, 0.1) is 5.69 Å². The Morgan fingerprint density at radius 3 is 2.75 bits per heavy atom. The van der Waals surface area contributed by atoms with E-state index in [0.29, 0.717) is 30.2 Å². The van der Waals surface area contributed by atoms with E-state index in [9.17, 15) is 14.0 Å². The highest BCUT2D eigenvalue weighted by atomic mass is 19.1. The summed E-state index contributed by atoms with van der Waals surface area (Å²) in [7, 11) is 0. The van der Waals surface area contributed by atoms with Crippen LogP contribution in [0.3, 0.4) is 0 Å². The molecule has 0 radical (unpaired) electrons. The highest BCUT2D eigenvalue weighted by Gasteiger charge is 2.26. The van der Waals surface area contributed by atoms with Crippen molar-refractivity contribution in [1.82, 2.24) is 19.9 Å². The van der Waals surface area contributed by atoms with Crippen LogP contribution >= 0.6 is 0 Å². The van der Waals surface area contributed by atoms with Crippen LogP contribution in [-0.4, -0.2) is 39.6 Å². The first-order valence-corrected chi connectivity index (χ1v) is 9.07. The van der Waals surface area contributed by atoms with Gasteiger partial charge in [-0.05, 0) is 49.7 Å². The van der Waals surface area contributed by atoms with Gasteiger partial charge in [-0.3, -0.25) is 9.36 Å². The smallest absolute Gasteiger partial charge is 0.330 e. The van der Waals surface area contributed by atoms with E-state index in [0.717, 1.165) is 12.1 Å². The Morgan fingerprint density at radius 1 is 1.29 bits per heavy atom. The molecule has 1 atom stereocenters. The molecule has 0 saturated carbocycles. The van der Waals surface area contributed by atoms with Crippen molar-refractivity contribution in [2.24, 2.45) is 0 Å². The zero-order valence-corrected chi connectivity index (χ0v) is 15.4. The summed E-state index contributed by atoms with van der Waals surface area (Å²) >= 11 is 0. The SMILES string of the molecule is Cc1c[nH]c(=O)n1-c1ccc(C(=O)NC2CCN(c3ncccc3F)C2)cc1. The number of pyridine rings is 1. The number of H-pyrrole nitrogens is 1. The van der Waals surface area contributed by atoms with E-state index in [-0.39, 0.29) is 23.5 Å². The Hall–Kier alpha value is -3.42. The number of halogens is 1. The summed E-state index contributed by atoms with van der Waals surface area (Å²) in [6.07, 6.45) is 3.92. The van der Waals surface area contributed by atoms with Gasteiger partial charge in [0.1, 0.15) is 0 Å². The molecule has 1 aromatic carbocycles. The van der Waals surface area contributed by atoms with Gasteiger partial charge in [0.2, 0.25) is 0 Å². The summed E-state index contributed by atoms with van der Waals surface area (Å²) in [4.78, 5) is 33.0. The number of nitrogens with zero attached hydrogens (tertiary/aromatic N) is 3. The second-order valence-electron chi connectivity index (χ2n) is 6.83. The molecule has 0 spiro atoms. The van der Waals surface area contributed by atoms with Gasteiger partial charge in [0, 0.05) is 42.8 Å². The Labute approximate surface area is 160 Å². The number of aryl methyl sites for hydroxylation is 1. The Kier molecular flexibility index (Phi) is 4.68. The maximum absolute atomic E-state index is 13.9. The van der Waals surface area contributed by atoms with E-state index in [1.165, 1.54) is 10.6 Å². The fourth-order valence-electron chi connectivity index (χ4n) is 3.49.